The summed E-state index contributed by atoms with van der Waals surface area (Å²) in [4.78, 5) is 2.38. The standard InChI is InChI=1S/C58H36N2O2/c1-2-18-45-38(13-1)31-34-49-57-52(25-12-28-55(57)62-58(45)49)59(42-16-10-15-40(36-42)44-22-11-27-54-56(44)48-21-5-8-26-53(48)61-54)41-32-29-37(30-33-41)39-14-9-17-43(35-39)60-50-23-6-3-19-46(50)47-20-4-7-24-51(47)60/h1-36H. The molecule has 0 saturated carbocycles. The topological polar surface area (TPSA) is 34.5 Å². The number of aromatic nitrogens is 1. The van der Waals surface area contributed by atoms with Gasteiger partial charge < -0.3 is 18.3 Å². The molecule has 0 spiro atoms. The highest BCUT2D eigenvalue weighted by molar-refractivity contribution is 6.20. The molecule has 0 amide bonds. The monoisotopic (exact) mass is 792 g/mol. The second-order valence-electron chi connectivity index (χ2n) is 16.0. The summed E-state index contributed by atoms with van der Waals surface area (Å²) >= 11 is 0. The van der Waals surface area contributed by atoms with Crippen molar-refractivity contribution in [2.45, 2.75) is 0 Å². The Morgan fingerprint density at radius 1 is 0.355 bits per heavy atom. The summed E-state index contributed by atoms with van der Waals surface area (Å²) in [6.07, 6.45) is 0. The average Bonchev–Trinajstić information content (AvgIpc) is 4.02. The molecule has 3 heterocycles. The molecule has 0 radical (unpaired) electrons. The van der Waals surface area contributed by atoms with Gasteiger partial charge in [-0.2, -0.15) is 0 Å². The third-order valence-corrected chi connectivity index (χ3v) is 12.6. The number of furan rings is 2. The van der Waals surface area contributed by atoms with Crippen LogP contribution in [0, 0.1) is 0 Å². The summed E-state index contributed by atoms with van der Waals surface area (Å²) in [6, 6.07) is 78.0. The summed E-state index contributed by atoms with van der Waals surface area (Å²) in [5.41, 5.74) is 14.7. The lowest BCUT2D eigenvalue weighted by Crippen LogP contribution is -2.10. The maximum Gasteiger partial charge on any atom is 0.143 e. The van der Waals surface area contributed by atoms with Crippen LogP contribution >= 0.6 is 0 Å². The van der Waals surface area contributed by atoms with Gasteiger partial charge in [0.1, 0.15) is 22.3 Å². The molecular weight excluding hydrogens is 757 g/mol. The molecule has 0 atom stereocenters. The second kappa shape index (κ2) is 13.6. The van der Waals surface area contributed by atoms with Crippen LogP contribution in [0.1, 0.15) is 0 Å². The van der Waals surface area contributed by atoms with E-state index < -0.39 is 0 Å². The van der Waals surface area contributed by atoms with E-state index in [9.17, 15) is 0 Å². The van der Waals surface area contributed by atoms with E-state index in [1.807, 2.05) is 12.1 Å². The zero-order valence-corrected chi connectivity index (χ0v) is 33.5. The van der Waals surface area contributed by atoms with Crippen molar-refractivity contribution in [1.82, 2.24) is 4.57 Å². The number of hydrogen-bond donors (Lipinski definition) is 0. The van der Waals surface area contributed by atoms with Gasteiger partial charge in [-0.15, -0.1) is 0 Å². The van der Waals surface area contributed by atoms with Gasteiger partial charge in [-0.25, -0.2) is 0 Å². The highest BCUT2D eigenvalue weighted by Crippen LogP contribution is 2.46. The lowest BCUT2D eigenvalue weighted by atomic mass is 9.98. The largest absolute Gasteiger partial charge is 0.456 e. The van der Waals surface area contributed by atoms with Crippen LogP contribution in [0.5, 0.6) is 0 Å². The molecule has 0 bridgehead atoms. The Kier molecular flexibility index (Phi) is 7.57. The van der Waals surface area contributed by atoms with E-state index in [2.05, 4.69) is 216 Å². The van der Waals surface area contributed by atoms with Gasteiger partial charge >= 0.3 is 0 Å². The Bertz CT molecular complexity index is 3830. The van der Waals surface area contributed by atoms with E-state index in [4.69, 9.17) is 8.83 Å². The zero-order valence-electron chi connectivity index (χ0n) is 33.5. The van der Waals surface area contributed by atoms with Crippen LogP contribution < -0.4 is 4.90 Å². The number of nitrogens with zero attached hydrogens (tertiary/aromatic N) is 2. The molecular formula is C58H36N2O2. The van der Waals surface area contributed by atoms with Crippen LogP contribution in [0.25, 0.3) is 104 Å². The highest BCUT2D eigenvalue weighted by atomic mass is 16.3. The maximum absolute atomic E-state index is 6.73. The van der Waals surface area contributed by atoms with Gasteiger partial charge in [0.15, 0.2) is 0 Å². The number of benzene rings is 10. The van der Waals surface area contributed by atoms with Gasteiger partial charge in [-0.3, -0.25) is 0 Å². The maximum atomic E-state index is 6.73. The molecule has 290 valence electrons. The van der Waals surface area contributed by atoms with E-state index in [1.165, 1.54) is 21.8 Å². The first-order valence-corrected chi connectivity index (χ1v) is 21.1. The summed E-state index contributed by atoms with van der Waals surface area (Å²) < 4.78 is 15.4. The molecule has 0 unspecified atom stereocenters. The second-order valence-corrected chi connectivity index (χ2v) is 16.0. The molecule has 10 aromatic carbocycles. The fraction of sp³-hybridized carbons (Fsp3) is 0. The van der Waals surface area contributed by atoms with Crippen molar-refractivity contribution in [2.75, 3.05) is 4.90 Å². The van der Waals surface area contributed by atoms with Crippen molar-refractivity contribution >= 4 is 93.5 Å². The molecule has 4 heteroatoms. The predicted octanol–water partition coefficient (Wildman–Crippen LogP) is 16.5. The van der Waals surface area contributed by atoms with Crippen LogP contribution in [0.15, 0.2) is 227 Å². The summed E-state index contributed by atoms with van der Waals surface area (Å²) in [7, 11) is 0. The minimum Gasteiger partial charge on any atom is -0.456 e. The van der Waals surface area contributed by atoms with Gasteiger partial charge in [-0.1, -0.05) is 140 Å². The minimum absolute atomic E-state index is 0.850. The lowest BCUT2D eigenvalue weighted by molar-refractivity contribution is 0.669. The van der Waals surface area contributed by atoms with Gasteiger partial charge in [0, 0.05) is 49.4 Å². The molecule has 0 aliphatic rings. The van der Waals surface area contributed by atoms with Crippen molar-refractivity contribution in [3.8, 4) is 27.9 Å². The lowest BCUT2D eigenvalue weighted by Gasteiger charge is -2.27. The summed E-state index contributed by atoms with van der Waals surface area (Å²) in [5, 5.41) is 9.16. The Morgan fingerprint density at radius 2 is 1.00 bits per heavy atom. The van der Waals surface area contributed by atoms with Crippen molar-refractivity contribution in [3.05, 3.63) is 218 Å². The van der Waals surface area contributed by atoms with Gasteiger partial charge in [0.25, 0.3) is 0 Å². The molecule has 0 aliphatic heterocycles. The average molecular weight is 793 g/mol. The first-order chi connectivity index (χ1) is 30.7. The number of fused-ring (bicyclic) bond motifs is 11. The normalized spacial score (nSPS) is 11.9. The van der Waals surface area contributed by atoms with Gasteiger partial charge in [-0.05, 0) is 107 Å². The third kappa shape index (κ3) is 5.27. The molecule has 62 heavy (non-hydrogen) atoms. The molecule has 0 aliphatic carbocycles. The van der Waals surface area contributed by atoms with Crippen molar-refractivity contribution in [1.29, 1.82) is 0 Å². The van der Waals surface area contributed by atoms with E-state index in [0.717, 1.165) is 99.7 Å². The third-order valence-electron chi connectivity index (χ3n) is 12.6. The fourth-order valence-corrected chi connectivity index (χ4v) is 9.80. The number of para-hydroxylation sites is 3. The van der Waals surface area contributed by atoms with E-state index in [-0.39, 0.29) is 0 Å². The van der Waals surface area contributed by atoms with Gasteiger partial charge in [0.05, 0.1) is 22.1 Å². The molecule has 0 saturated heterocycles. The van der Waals surface area contributed by atoms with E-state index in [0.29, 0.717) is 0 Å². The number of hydrogen-bond acceptors (Lipinski definition) is 3. The Morgan fingerprint density at radius 3 is 1.82 bits per heavy atom. The van der Waals surface area contributed by atoms with Crippen molar-refractivity contribution in [3.63, 3.8) is 0 Å². The van der Waals surface area contributed by atoms with E-state index in [1.54, 1.807) is 0 Å². The molecule has 0 fully saturated rings. The van der Waals surface area contributed by atoms with Crippen LogP contribution in [0.4, 0.5) is 17.1 Å². The van der Waals surface area contributed by atoms with Crippen LogP contribution in [-0.2, 0) is 0 Å². The Hall–Kier alpha value is -8.34. The quantitative estimate of drug-likeness (QED) is 0.168. The number of anilines is 3. The molecule has 13 aromatic rings. The van der Waals surface area contributed by atoms with Crippen LogP contribution in [-0.4, -0.2) is 4.57 Å². The fourth-order valence-electron chi connectivity index (χ4n) is 9.80. The molecule has 0 N–H and O–H groups in total. The Labute approximate surface area is 356 Å². The smallest absolute Gasteiger partial charge is 0.143 e. The Balaban J connectivity index is 0.983. The van der Waals surface area contributed by atoms with Crippen LogP contribution in [0.3, 0.4) is 0 Å². The van der Waals surface area contributed by atoms with Crippen molar-refractivity contribution in [2.24, 2.45) is 0 Å². The first-order valence-electron chi connectivity index (χ1n) is 21.1. The summed E-state index contributed by atoms with van der Waals surface area (Å²) in [6.45, 7) is 0. The predicted molar refractivity (Wildman–Crippen MR) is 258 cm³/mol. The minimum atomic E-state index is 0.850. The zero-order chi connectivity index (χ0) is 40.7. The van der Waals surface area contributed by atoms with Gasteiger partial charge in [0.2, 0.25) is 0 Å². The molecule has 3 aromatic heterocycles. The number of rotatable bonds is 6. The van der Waals surface area contributed by atoms with E-state index >= 15 is 0 Å². The summed E-state index contributed by atoms with van der Waals surface area (Å²) in [5.74, 6) is 0. The molecule has 4 nitrogen and oxygen atoms in total. The van der Waals surface area contributed by atoms with Crippen LogP contribution in [0.2, 0.25) is 0 Å². The highest BCUT2D eigenvalue weighted by Gasteiger charge is 2.22. The first kappa shape index (κ1) is 34.5. The molecule has 13 rings (SSSR count). The van der Waals surface area contributed by atoms with Crippen molar-refractivity contribution < 1.29 is 8.83 Å². The SMILES string of the molecule is c1cc(-c2cccc3oc4ccccc4c23)cc(N(c2ccc(-c3cccc(-n4c5ccccc5c5ccccc54)c3)cc2)c2cccc3oc4c5ccccc5ccc4c23)c1.